The summed E-state index contributed by atoms with van der Waals surface area (Å²) in [7, 11) is 0. The Morgan fingerprint density at radius 1 is 1.17 bits per heavy atom. The molecule has 30 heavy (non-hydrogen) atoms. The van der Waals surface area contributed by atoms with Crippen molar-refractivity contribution in [3.63, 3.8) is 0 Å². The molecule has 0 fully saturated rings. The first-order valence-corrected chi connectivity index (χ1v) is 10.4. The number of carbonyl (C=O) groups is 2. The van der Waals surface area contributed by atoms with Gasteiger partial charge in [0.05, 0.1) is 18.6 Å². The number of rotatable bonds is 8. The van der Waals surface area contributed by atoms with Gasteiger partial charge in [-0.3, -0.25) is 4.79 Å². The fraction of sp³-hybridized carbons (Fsp3) is 0.238. The second-order valence-electron chi connectivity index (χ2n) is 6.08. The van der Waals surface area contributed by atoms with Crippen molar-refractivity contribution in [2.45, 2.75) is 18.9 Å². The van der Waals surface area contributed by atoms with E-state index in [9.17, 15) is 9.59 Å². The Hall–Kier alpha value is -3.33. The maximum absolute atomic E-state index is 12.6. The quantitative estimate of drug-likeness (QED) is 0.327. The van der Waals surface area contributed by atoms with Gasteiger partial charge in [0, 0.05) is 5.69 Å². The molecule has 156 valence electrons. The smallest absolute Gasteiger partial charge is 0.343 e. The number of furan rings is 1. The molecule has 0 spiro atoms. The number of hydrogen-bond donors (Lipinski definition) is 1. The average molecular weight is 427 g/mol. The van der Waals surface area contributed by atoms with Crippen LogP contribution in [0.2, 0.25) is 0 Å². The number of ether oxygens (including phenoxy) is 2. The number of aromatic nitrogens is 2. The second-order valence-corrected chi connectivity index (χ2v) is 6.87. The molecule has 3 aromatic rings. The topological polar surface area (TPSA) is 104 Å². The van der Waals surface area contributed by atoms with Crippen molar-refractivity contribution in [1.82, 2.24) is 9.97 Å². The van der Waals surface area contributed by atoms with Crippen molar-refractivity contribution in [2.75, 3.05) is 24.8 Å². The number of aryl methyl sites for hydroxylation is 1. The van der Waals surface area contributed by atoms with Gasteiger partial charge in [-0.1, -0.05) is 0 Å². The van der Waals surface area contributed by atoms with Crippen LogP contribution in [0.1, 0.15) is 23.0 Å². The molecule has 0 aliphatic heterocycles. The molecule has 3 rings (SSSR count). The lowest BCUT2D eigenvalue weighted by Gasteiger charge is -2.11. The lowest BCUT2D eigenvalue weighted by molar-refractivity contribution is -0.119. The number of hydrogen-bond acceptors (Lipinski definition) is 8. The maximum Gasteiger partial charge on any atom is 0.343 e. The minimum atomic E-state index is -0.662. The van der Waals surface area contributed by atoms with Gasteiger partial charge in [-0.15, -0.1) is 11.8 Å². The molecule has 0 unspecified atom stereocenters. The van der Waals surface area contributed by atoms with Gasteiger partial charge in [-0.05, 0) is 56.5 Å². The van der Waals surface area contributed by atoms with E-state index >= 15 is 0 Å². The molecular formula is C21H21N3O5S. The first-order valence-electron chi connectivity index (χ1n) is 9.18. The normalized spacial score (nSPS) is 10.5. The van der Waals surface area contributed by atoms with Crippen molar-refractivity contribution >= 4 is 29.3 Å². The molecule has 2 heterocycles. The summed E-state index contributed by atoms with van der Waals surface area (Å²) in [5, 5.41) is 3.12. The van der Waals surface area contributed by atoms with E-state index < -0.39 is 18.5 Å². The Bertz CT molecular complexity index is 1020. The van der Waals surface area contributed by atoms with Gasteiger partial charge in [-0.2, -0.15) is 0 Å². The molecule has 0 saturated heterocycles. The predicted octanol–water partition coefficient (Wildman–Crippen LogP) is 3.96. The molecular weight excluding hydrogens is 406 g/mol. The highest BCUT2D eigenvalue weighted by Crippen LogP contribution is 2.25. The van der Waals surface area contributed by atoms with E-state index in [1.165, 1.54) is 18.0 Å². The summed E-state index contributed by atoms with van der Waals surface area (Å²) in [6, 6.07) is 10.4. The minimum absolute atomic E-state index is 0.228. The number of anilines is 1. The summed E-state index contributed by atoms with van der Waals surface area (Å²) >= 11 is 1.29. The number of carbonyl (C=O) groups excluding carboxylic acids is 2. The highest BCUT2D eigenvalue weighted by molar-refractivity contribution is 7.98. The lowest BCUT2D eigenvalue weighted by atomic mass is 10.2. The number of nitrogens with one attached hydrogen (secondary N) is 1. The summed E-state index contributed by atoms with van der Waals surface area (Å²) < 4.78 is 15.9. The Morgan fingerprint density at radius 3 is 2.57 bits per heavy atom. The van der Waals surface area contributed by atoms with Crippen molar-refractivity contribution in [3.05, 3.63) is 53.9 Å². The molecule has 9 heteroatoms. The van der Waals surface area contributed by atoms with Gasteiger partial charge >= 0.3 is 5.97 Å². The van der Waals surface area contributed by atoms with Crippen LogP contribution in [0.5, 0.6) is 5.75 Å². The Kier molecular flexibility index (Phi) is 7.08. The van der Waals surface area contributed by atoms with E-state index in [1.807, 2.05) is 6.92 Å². The molecule has 1 aromatic carbocycles. The number of nitrogens with zero attached hydrogens (tertiary/aromatic N) is 2. The van der Waals surface area contributed by atoms with E-state index in [2.05, 4.69) is 15.3 Å². The molecule has 0 saturated carbocycles. The third-order valence-corrected chi connectivity index (χ3v) is 4.66. The molecule has 1 N–H and O–H groups in total. The van der Waals surface area contributed by atoms with Gasteiger partial charge < -0.3 is 19.2 Å². The largest absolute Gasteiger partial charge is 0.494 e. The van der Waals surface area contributed by atoms with Crippen molar-refractivity contribution < 1.29 is 23.5 Å². The fourth-order valence-electron chi connectivity index (χ4n) is 2.65. The molecule has 8 nitrogen and oxygen atoms in total. The third-order valence-electron chi connectivity index (χ3n) is 3.98. The monoisotopic (exact) mass is 427 g/mol. The standard InChI is InChI=1S/C21H21N3O5S/c1-4-27-15-9-7-14(8-10-15)23-17(25)12-29-21(26)18-13(2)22-19(24-20(18)30-3)16-6-5-11-28-16/h5-11H,4,12H2,1-3H3,(H,23,25). The maximum atomic E-state index is 12.6. The first kappa shape index (κ1) is 21.4. The number of thioether (sulfide) groups is 1. The number of amides is 1. The molecule has 1 amide bonds. The van der Waals surface area contributed by atoms with Gasteiger partial charge in [0.25, 0.3) is 5.91 Å². The lowest BCUT2D eigenvalue weighted by Crippen LogP contribution is -2.22. The molecule has 0 aliphatic rings. The zero-order valence-electron chi connectivity index (χ0n) is 16.8. The highest BCUT2D eigenvalue weighted by Gasteiger charge is 2.22. The van der Waals surface area contributed by atoms with Crippen LogP contribution in [-0.2, 0) is 9.53 Å². The van der Waals surface area contributed by atoms with Gasteiger partial charge in [0.15, 0.2) is 18.2 Å². The molecule has 0 radical (unpaired) electrons. The van der Waals surface area contributed by atoms with E-state index in [1.54, 1.807) is 49.6 Å². The van der Waals surface area contributed by atoms with Crippen LogP contribution in [0.3, 0.4) is 0 Å². The van der Waals surface area contributed by atoms with Crippen molar-refractivity contribution in [3.8, 4) is 17.3 Å². The fourth-order valence-corrected chi connectivity index (χ4v) is 3.26. The van der Waals surface area contributed by atoms with Crippen LogP contribution >= 0.6 is 11.8 Å². The Labute approximate surface area is 178 Å². The first-order chi connectivity index (χ1) is 14.5. The van der Waals surface area contributed by atoms with Crippen LogP contribution in [0.25, 0.3) is 11.6 Å². The minimum Gasteiger partial charge on any atom is -0.494 e. The third kappa shape index (κ3) is 5.18. The molecule has 0 atom stereocenters. The van der Waals surface area contributed by atoms with Crippen LogP contribution in [0.4, 0.5) is 5.69 Å². The van der Waals surface area contributed by atoms with Crippen LogP contribution in [-0.4, -0.2) is 41.3 Å². The molecule has 0 bridgehead atoms. The predicted molar refractivity (Wildman–Crippen MR) is 113 cm³/mol. The van der Waals surface area contributed by atoms with Crippen molar-refractivity contribution in [1.29, 1.82) is 0 Å². The molecule has 2 aromatic heterocycles. The molecule has 0 aliphatic carbocycles. The van der Waals surface area contributed by atoms with E-state index in [4.69, 9.17) is 13.9 Å². The summed E-state index contributed by atoms with van der Waals surface area (Å²) in [5.74, 6) is 0.475. The number of esters is 1. The zero-order valence-corrected chi connectivity index (χ0v) is 17.6. The Balaban J connectivity index is 1.64. The SMILES string of the molecule is CCOc1ccc(NC(=O)COC(=O)c2c(C)nc(-c3ccco3)nc2SC)cc1. The van der Waals surface area contributed by atoms with Gasteiger partial charge in [0.2, 0.25) is 0 Å². The van der Waals surface area contributed by atoms with Gasteiger partial charge in [0.1, 0.15) is 16.3 Å². The highest BCUT2D eigenvalue weighted by atomic mass is 32.2. The summed E-state index contributed by atoms with van der Waals surface area (Å²) in [5.41, 5.74) is 1.25. The second kappa shape index (κ2) is 9.93. The Morgan fingerprint density at radius 2 is 1.93 bits per heavy atom. The van der Waals surface area contributed by atoms with Crippen molar-refractivity contribution in [2.24, 2.45) is 0 Å². The van der Waals surface area contributed by atoms with Crippen LogP contribution in [0.15, 0.2) is 52.1 Å². The summed E-state index contributed by atoms with van der Waals surface area (Å²) in [4.78, 5) is 33.4. The van der Waals surface area contributed by atoms with Crippen LogP contribution < -0.4 is 10.1 Å². The summed E-state index contributed by atoms with van der Waals surface area (Å²) in [6.45, 7) is 3.71. The van der Waals surface area contributed by atoms with E-state index in [0.717, 1.165) is 0 Å². The van der Waals surface area contributed by atoms with Gasteiger partial charge in [-0.25, -0.2) is 14.8 Å². The van der Waals surface area contributed by atoms with E-state index in [0.29, 0.717) is 40.3 Å². The van der Waals surface area contributed by atoms with Crippen LogP contribution in [0, 0.1) is 6.92 Å². The zero-order chi connectivity index (χ0) is 21.5. The summed E-state index contributed by atoms with van der Waals surface area (Å²) in [6.07, 6.45) is 3.32. The van der Waals surface area contributed by atoms with E-state index in [-0.39, 0.29) is 5.56 Å². The number of benzene rings is 1. The average Bonchev–Trinajstić information content (AvgIpc) is 3.28.